The van der Waals surface area contributed by atoms with E-state index in [2.05, 4.69) is 15.7 Å². The van der Waals surface area contributed by atoms with Gasteiger partial charge in [-0.05, 0) is 67.8 Å². The van der Waals surface area contributed by atoms with Crippen LogP contribution in [0, 0.1) is 5.82 Å². The lowest BCUT2D eigenvalue weighted by atomic mass is 9.83. The summed E-state index contributed by atoms with van der Waals surface area (Å²) in [6.07, 6.45) is 5.59. The molecular weight excluding hydrogens is 411 g/mol. The predicted molar refractivity (Wildman–Crippen MR) is 112 cm³/mol. The average Bonchev–Trinajstić information content (AvgIpc) is 3.22. The summed E-state index contributed by atoms with van der Waals surface area (Å²) in [7, 11) is -1.74. The van der Waals surface area contributed by atoms with Crippen molar-refractivity contribution in [2.24, 2.45) is 9.50 Å². The van der Waals surface area contributed by atoms with Gasteiger partial charge in [-0.3, -0.25) is 0 Å². The summed E-state index contributed by atoms with van der Waals surface area (Å²) in [5, 5.41) is 8.72. The SMILES string of the molecule is CN1CCc2sc([S@](N)(=O)=NC(=O)Nc3c4c(cc5c3CC5)CCC4)c(F)c2C1. The lowest BCUT2D eigenvalue weighted by Crippen LogP contribution is -2.26. The Labute approximate surface area is 173 Å². The zero-order chi connectivity index (χ0) is 20.3. The van der Waals surface area contributed by atoms with Gasteiger partial charge in [-0.15, -0.1) is 15.7 Å². The minimum Gasteiger partial charge on any atom is -0.305 e. The number of hydrogen-bond donors (Lipinski definition) is 2. The molecule has 6 nitrogen and oxygen atoms in total. The maximum atomic E-state index is 14.9. The van der Waals surface area contributed by atoms with Crippen molar-refractivity contribution in [3.8, 4) is 0 Å². The van der Waals surface area contributed by atoms with E-state index >= 15 is 0 Å². The van der Waals surface area contributed by atoms with E-state index in [9.17, 15) is 13.4 Å². The van der Waals surface area contributed by atoms with Crippen molar-refractivity contribution < 1.29 is 13.4 Å². The second kappa shape index (κ2) is 6.87. The summed E-state index contributed by atoms with van der Waals surface area (Å²) >= 11 is 1.08. The number of fused-ring (bicyclic) bond motifs is 3. The van der Waals surface area contributed by atoms with Crippen LogP contribution in [-0.4, -0.2) is 28.7 Å². The summed E-state index contributed by atoms with van der Waals surface area (Å²) < 4.78 is 31.5. The van der Waals surface area contributed by atoms with Gasteiger partial charge >= 0.3 is 6.03 Å². The Morgan fingerprint density at radius 1 is 1.21 bits per heavy atom. The van der Waals surface area contributed by atoms with E-state index in [1.165, 1.54) is 11.1 Å². The van der Waals surface area contributed by atoms with Gasteiger partial charge in [-0.2, -0.15) is 0 Å². The van der Waals surface area contributed by atoms with E-state index in [1.807, 2.05) is 11.9 Å². The number of likely N-dealkylation sites (N-methyl/N-ethyl adjacent to an activating group) is 1. The van der Waals surface area contributed by atoms with Crippen molar-refractivity contribution >= 4 is 33.0 Å². The molecule has 154 valence electrons. The lowest BCUT2D eigenvalue weighted by molar-refractivity contribution is 0.260. The highest BCUT2D eigenvalue weighted by atomic mass is 32.2. The Balaban J connectivity index is 1.47. The fourth-order valence-corrected chi connectivity index (χ4v) is 7.10. The number of hydrogen-bond acceptors (Lipinski definition) is 4. The minimum absolute atomic E-state index is 0.126. The molecule has 1 aliphatic heterocycles. The van der Waals surface area contributed by atoms with Crippen molar-refractivity contribution in [2.75, 3.05) is 18.9 Å². The van der Waals surface area contributed by atoms with Crippen LogP contribution in [-0.2, 0) is 48.6 Å². The highest BCUT2D eigenvalue weighted by Crippen LogP contribution is 2.40. The second-order valence-electron chi connectivity index (χ2n) is 8.06. The zero-order valence-electron chi connectivity index (χ0n) is 16.2. The van der Waals surface area contributed by atoms with Gasteiger partial charge in [0.25, 0.3) is 0 Å². The number of amides is 2. The third kappa shape index (κ3) is 3.20. The third-order valence-electron chi connectivity index (χ3n) is 6.11. The molecule has 3 aliphatic rings. The average molecular weight is 435 g/mol. The molecule has 0 saturated heterocycles. The first-order valence-corrected chi connectivity index (χ1v) is 12.2. The highest BCUT2D eigenvalue weighted by Gasteiger charge is 2.29. The van der Waals surface area contributed by atoms with Crippen LogP contribution < -0.4 is 10.5 Å². The molecule has 1 aromatic heterocycles. The fraction of sp³-hybridized carbons (Fsp3) is 0.450. The number of rotatable bonds is 2. The van der Waals surface area contributed by atoms with Gasteiger partial charge < -0.3 is 10.2 Å². The van der Waals surface area contributed by atoms with Crippen molar-refractivity contribution in [2.45, 2.75) is 49.3 Å². The minimum atomic E-state index is -3.65. The smallest absolute Gasteiger partial charge is 0.305 e. The molecule has 2 amide bonds. The van der Waals surface area contributed by atoms with Gasteiger partial charge in [-0.1, -0.05) is 6.07 Å². The highest BCUT2D eigenvalue weighted by molar-refractivity contribution is 7.93. The number of carbonyl (C=O) groups is 1. The van der Waals surface area contributed by atoms with Gasteiger partial charge in [0.15, 0.2) is 19.9 Å². The normalized spacial score (nSPS) is 19.6. The molecule has 0 bridgehead atoms. The lowest BCUT2D eigenvalue weighted by Gasteiger charge is -2.25. The molecule has 0 fully saturated rings. The first-order valence-electron chi connectivity index (χ1n) is 9.84. The maximum absolute atomic E-state index is 14.9. The number of halogens is 1. The number of nitrogens with two attached hydrogens (primary N) is 1. The number of thiophene rings is 1. The van der Waals surface area contributed by atoms with Crippen molar-refractivity contribution in [3.63, 3.8) is 0 Å². The number of aryl methyl sites for hydroxylation is 2. The number of carbonyl (C=O) groups excluding carboxylic acids is 1. The standard InChI is InChI=1S/C20H23FN4O2S2/c1-25-8-7-16-15(10-25)17(21)19(28-16)29(22,27)24-20(26)23-18-13-4-2-3-11(13)9-12-5-6-14(12)18/h9H,2-8,10H2,1H3,(H3,22,23,24,26,27)/t29-/m1/s1. The van der Waals surface area contributed by atoms with E-state index in [1.54, 1.807) is 0 Å². The molecule has 0 saturated carbocycles. The molecular formula is C20H23FN4O2S2. The number of benzene rings is 1. The van der Waals surface area contributed by atoms with Crippen molar-refractivity contribution in [1.82, 2.24) is 4.90 Å². The van der Waals surface area contributed by atoms with Crippen LogP contribution in [0.4, 0.5) is 14.9 Å². The predicted octanol–water partition coefficient (Wildman–Crippen LogP) is 3.40. The molecule has 3 N–H and O–H groups in total. The number of nitrogens with zero attached hydrogens (tertiary/aromatic N) is 2. The van der Waals surface area contributed by atoms with Crippen LogP contribution in [0.25, 0.3) is 0 Å². The summed E-state index contributed by atoms with van der Waals surface area (Å²) in [5.41, 5.74) is 6.14. The topological polar surface area (TPSA) is 87.8 Å². The van der Waals surface area contributed by atoms with E-state index in [4.69, 9.17) is 5.14 Å². The van der Waals surface area contributed by atoms with E-state index < -0.39 is 21.8 Å². The molecule has 0 radical (unpaired) electrons. The van der Waals surface area contributed by atoms with E-state index in [-0.39, 0.29) is 4.21 Å². The summed E-state index contributed by atoms with van der Waals surface area (Å²) in [6, 6.07) is 1.47. The molecule has 5 rings (SSSR count). The molecule has 1 aromatic carbocycles. The van der Waals surface area contributed by atoms with Gasteiger partial charge in [0, 0.05) is 29.2 Å². The van der Waals surface area contributed by atoms with Gasteiger partial charge in [0.2, 0.25) is 0 Å². The van der Waals surface area contributed by atoms with Crippen LogP contribution in [0.1, 0.15) is 39.1 Å². The number of nitrogens with one attached hydrogen (secondary N) is 1. The molecule has 2 aromatic rings. The van der Waals surface area contributed by atoms with E-state index in [0.717, 1.165) is 71.7 Å². The van der Waals surface area contributed by atoms with Gasteiger partial charge in [-0.25, -0.2) is 18.5 Å². The Morgan fingerprint density at radius 2 is 1.97 bits per heavy atom. The maximum Gasteiger partial charge on any atom is 0.354 e. The Kier molecular flexibility index (Phi) is 4.54. The molecule has 29 heavy (non-hydrogen) atoms. The van der Waals surface area contributed by atoms with Crippen LogP contribution >= 0.6 is 11.3 Å². The summed E-state index contributed by atoms with van der Waals surface area (Å²) in [5.74, 6) is -0.578. The van der Waals surface area contributed by atoms with Crippen LogP contribution in [0.2, 0.25) is 0 Å². The Morgan fingerprint density at radius 3 is 2.72 bits per heavy atom. The first kappa shape index (κ1) is 19.2. The van der Waals surface area contributed by atoms with Gasteiger partial charge in [0.1, 0.15) is 0 Å². The molecule has 0 unspecified atom stereocenters. The number of anilines is 1. The Bertz CT molecular complexity index is 1160. The quantitative estimate of drug-likeness (QED) is 0.759. The van der Waals surface area contributed by atoms with Crippen LogP contribution in [0.3, 0.4) is 0 Å². The summed E-state index contributed by atoms with van der Waals surface area (Å²) in [6.45, 7) is 1.25. The second-order valence-corrected chi connectivity index (χ2v) is 11.2. The molecule has 9 heteroatoms. The molecule has 2 aliphatic carbocycles. The van der Waals surface area contributed by atoms with Crippen LogP contribution in [0.5, 0.6) is 0 Å². The monoisotopic (exact) mass is 434 g/mol. The summed E-state index contributed by atoms with van der Waals surface area (Å²) in [4.78, 5) is 15.5. The fourth-order valence-electron chi connectivity index (χ4n) is 4.54. The molecule has 1 atom stereocenters. The molecule has 2 heterocycles. The van der Waals surface area contributed by atoms with E-state index in [0.29, 0.717) is 18.5 Å². The zero-order valence-corrected chi connectivity index (χ0v) is 17.8. The first-order chi connectivity index (χ1) is 13.8. The van der Waals surface area contributed by atoms with Crippen LogP contribution in [0.15, 0.2) is 14.6 Å². The van der Waals surface area contributed by atoms with Crippen molar-refractivity contribution in [1.29, 1.82) is 0 Å². The largest absolute Gasteiger partial charge is 0.354 e. The number of urea groups is 1. The molecule has 0 spiro atoms. The van der Waals surface area contributed by atoms with Crippen molar-refractivity contribution in [3.05, 3.63) is 44.6 Å². The Hall–Kier alpha value is -1.81. The van der Waals surface area contributed by atoms with Gasteiger partial charge in [0.05, 0.1) is 0 Å². The third-order valence-corrected chi connectivity index (χ3v) is 9.28.